The molecule has 0 N–H and O–H groups in total. The molecular weight excluding hydrogens is 150 g/mol. The number of nitrogens with zero attached hydrogens (tertiary/aromatic N) is 1. The first-order valence-electron chi connectivity index (χ1n) is 4.43. The number of hydrogen-bond donors (Lipinski definition) is 0. The normalized spacial score (nSPS) is 15.5. The lowest BCUT2D eigenvalue weighted by Crippen LogP contribution is -2.34. The molecule has 0 saturated heterocycles. The van der Waals surface area contributed by atoms with Crippen LogP contribution < -0.4 is 0 Å². The molecule has 0 aromatic carbocycles. The fraction of sp³-hybridized carbons (Fsp3) is 0.500. The lowest BCUT2D eigenvalue weighted by atomic mass is 10.1. The second-order valence-corrected chi connectivity index (χ2v) is 2.81. The molecule has 0 aromatic rings. The topological polar surface area (TPSA) is 20.3 Å². The standard InChI is InChI=1S/C10H15NO/c1-3-11(4-2)10(12)9-7-5-6-8-9/h5-9H,3-4H2,1-2H3. The summed E-state index contributed by atoms with van der Waals surface area (Å²) in [6.07, 6.45) is 7.71. The Morgan fingerprint density at radius 3 is 2.17 bits per heavy atom. The number of amides is 1. The molecular formula is C10H15NO. The summed E-state index contributed by atoms with van der Waals surface area (Å²) >= 11 is 0. The zero-order valence-electron chi connectivity index (χ0n) is 7.66. The van der Waals surface area contributed by atoms with E-state index in [2.05, 4.69) is 0 Å². The molecule has 12 heavy (non-hydrogen) atoms. The van der Waals surface area contributed by atoms with Crippen LogP contribution in [-0.2, 0) is 4.79 Å². The van der Waals surface area contributed by atoms with Crippen LogP contribution in [0, 0.1) is 5.92 Å². The molecule has 0 aliphatic heterocycles. The minimum atomic E-state index is -0.00935. The molecule has 66 valence electrons. The quantitative estimate of drug-likeness (QED) is 0.622. The number of allylic oxidation sites excluding steroid dienone is 2. The van der Waals surface area contributed by atoms with Gasteiger partial charge in [0, 0.05) is 13.1 Å². The van der Waals surface area contributed by atoms with Gasteiger partial charge in [0.25, 0.3) is 0 Å². The summed E-state index contributed by atoms with van der Waals surface area (Å²) in [5.41, 5.74) is 0. The Morgan fingerprint density at radius 2 is 1.75 bits per heavy atom. The van der Waals surface area contributed by atoms with Gasteiger partial charge in [0.1, 0.15) is 0 Å². The molecule has 0 radical (unpaired) electrons. The lowest BCUT2D eigenvalue weighted by Gasteiger charge is -2.20. The van der Waals surface area contributed by atoms with Crippen LogP contribution in [-0.4, -0.2) is 23.9 Å². The first-order chi connectivity index (χ1) is 5.79. The highest BCUT2D eigenvalue weighted by Crippen LogP contribution is 2.12. The molecule has 0 saturated carbocycles. The van der Waals surface area contributed by atoms with Gasteiger partial charge in [-0.1, -0.05) is 24.3 Å². The Hall–Kier alpha value is -1.05. The Kier molecular flexibility index (Phi) is 3.09. The zero-order chi connectivity index (χ0) is 8.97. The summed E-state index contributed by atoms with van der Waals surface area (Å²) in [7, 11) is 0. The summed E-state index contributed by atoms with van der Waals surface area (Å²) in [5, 5.41) is 0. The average Bonchev–Trinajstić information content (AvgIpc) is 2.58. The van der Waals surface area contributed by atoms with Gasteiger partial charge in [0.05, 0.1) is 5.92 Å². The van der Waals surface area contributed by atoms with E-state index in [1.54, 1.807) is 0 Å². The third kappa shape index (κ3) is 1.76. The maximum Gasteiger partial charge on any atom is 0.233 e. The third-order valence-electron chi connectivity index (χ3n) is 2.11. The van der Waals surface area contributed by atoms with Gasteiger partial charge >= 0.3 is 0 Å². The highest BCUT2D eigenvalue weighted by Gasteiger charge is 2.18. The Labute approximate surface area is 73.6 Å². The molecule has 0 aromatic heterocycles. The van der Waals surface area contributed by atoms with Crippen molar-refractivity contribution in [2.75, 3.05) is 13.1 Å². The molecule has 1 aliphatic rings. The largest absolute Gasteiger partial charge is 0.342 e. The van der Waals surface area contributed by atoms with Crippen molar-refractivity contribution in [3.63, 3.8) is 0 Å². The molecule has 0 fully saturated rings. The first kappa shape index (κ1) is 9.04. The van der Waals surface area contributed by atoms with E-state index in [1.165, 1.54) is 0 Å². The van der Waals surface area contributed by atoms with Gasteiger partial charge in [0.15, 0.2) is 0 Å². The van der Waals surface area contributed by atoms with Crippen LogP contribution in [0.4, 0.5) is 0 Å². The minimum absolute atomic E-state index is 0.00935. The minimum Gasteiger partial charge on any atom is -0.342 e. The van der Waals surface area contributed by atoms with Gasteiger partial charge in [0.2, 0.25) is 5.91 Å². The van der Waals surface area contributed by atoms with E-state index in [9.17, 15) is 4.79 Å². The van der Waals surface area contributed by atoms with Crippen molar-refractivity contribution >= 4 is 5.91 Å². The van der Waals surface area contributed by atoms with E-state index in [0.717, 1.165) is 13.1 Å². The summed E-state index contributed by atoms with van der Waals surface area (Å²) in [6.45, 7) is 5.61. The highest BCUT2D eigenvalue weighted by atomic mass is 16.2. The van der Waals surface area contributed by atoms with Crippen LogP contribution >= 0.6 is 0 Å². The van der Waals surface area contributed by atoms with Crippen molar-refractivity contribution in [1.82, 2.24) is 4.90 Å². The molecule has 0 heterocycles. The van der Waals surface area contributed by atoms with E-state index in [1.807, 2.05) is 43.1 Å². The highest BCUT2D eigenvalue weighted by molar-refractivity contribution is 5.83. The zero-order valence-corrected chi connectivity index (χ0v) is 7.66. The molecule has 2 heteroatoms. The SMILES string of the molecule is CCN(CC)C(=O)C1C=CC=C1. The van der Waals surface area contributed by atoms with Gasteiger partial charge in [-0.3, -0.25) is 4.79 Å². The number of rotatable bonds is 3. The molecule has 1 amide bonds. The number of carbonyl (C=O) groups excluding carboxylic acids is 1. The van der Waals surface area contributed by atoms with Crippen molar-refractivity contribution in [2.45, 2.75) is 13.8 Å². The fourth-order valence-electron chi connectivity index (χ4n) is 1.34. The van der Waals surface area contributed by atoms with Crippen LogP contribution in [0.25, 0.3) is 0 Å². The maximum absolute atomic E-state index is 11.6. The van der Waals surface area contributed by atoms with Crippen LogP contribution in [0.15, 0.2) is 24.3 Å². The van der Waals surface area contributed by atoms with E-state index >= 15 is 0 Å². The lowest BCUT2D eigenvalue weighted by molar-refractivity contribution is -0.132. The van der Waals surface area contributed by atoms with E-state index < -0.39 is 0 Å². The van der Waals surface area contributed by atoms with Crippen molar-refractivity contribution in [3.8, 4) is 0 Å². The second-order valence-electron chi connectivity index (χ2n) is 2.81. The molecule has 1 rings (SSSR count). The smallest absolute Gasteiger partial charge is 0.233 e. The monoisotopic (exact) mass is 165 g/mol. The van der Waals surface area contributed by atoms with Crippen molar-refractivity contribution in [3.05, 3.63) is 24.3 Å². The average molecular weight is 165 g/mol. The molecule has 0 spiro atoms. The van der Waals surface area contributed by atoms with Crippen molar-refractivity contribution in [2.24, 2.45) is 5.92 Å². The van der Waals surface area contributed by atoms with Crippen LogP contribution in [0.1, 0.15) is 13.8 Å². The Morgan fingerprint density at radius 1 is 1.25 bits per heavy atom. The molecule has 0 bridgehead atoms. The van der Waals surface area contributed by atoms with Gasteiger partial charge in [-0.2, -0.15) is 0 Å². The van der Waals surface area contributed by atoms with Gasteiger partial charge in [-0.15, -0.1) is 0 Å². The van der Waals surface area contributed by atoms with Gasteiger partial charge in [-0.05, 0) is 13.8 Å². The summed E-state index contributed by atoms with van der Waals surface area (Å²) in [6, 6.07) is 0. The fourth-order valence-corrected chi connectivity index (χ4v) is 1.34. The van der Waals surface area contributed by atoms with Crippen LogP contribution in [0.3, 0.4) is 0 Å². The molecule has 0 unspecified atom stereocenters. The van der Waals surface area contributed by atoms with Crippen LogP contribution in [0.5, 0.6) is 0 Å². The second kappa shape index (κ2) is 4.10. The van der Waals surface area contributed by atoms with Crippen molar-refractivity contribution < 1.29 is 4.79 Å². The summed E-state index contributed by atoms with van der Waals surface area (Å²) < 4.78 is 0. The number of carbonyl (C=O) groups is 1. The van der Waals surface area contributed by atoms with E-state index in [0.29, 0.717) is 0 Å². The van der Waals surface area contributed by atoms with Gasteiger partial charge in [-0.25, -0.2) is 0 Å². The van der Waals surface area contributed by atoms with Gasteiger partial charge < -0.3 is 4.90 Å². The van der Waals surface area contributed by atoms with E-state index in [-0.39, 0.29) is 11.8 Å². The first-order valence-corrected chi connectivity index (χ1v) is 4.43. The predicted octanol–water partition coefficient (Wildman–Crippen LogP) is 1.60. The van der Waals surface area contributed by atoms with E-state index in [4.69, 9.17) is 0 Å². The third-order valence-corrected chi connectivity index (χ3v) is 2.11. The summed E-state index contributed by atoms with van der Waals surface area (Å²) in [4.78, 5) is 13.5. The Balaban J connectivity index is 2.56. The summed E-state index contributed by atoms with van der Waals surface area (Å²) in [5.74, 6) is 0.204. The molecule has 0 atom stereocenters. The Bertz CT molecular complexity index is 202. The number of hydrogen-bond acceptors (Lipinski definition) is 1. The molecule has 1 aliphatic carbocycles. The molecule has 2 nitrogen and oxygen atoms in total. The predicted molar refractivity (Wildman–Crippen MR) is 49.7 cm³/mol. The van der Waals surface area contributed by atoms with Crippen molar-refractivity contribution in [1.29, 1.82) is 0 Å². The maximum atomic E-state index is 11.6. The van der Waals surface area contributed by atoms with Crippen LogP contribution in [0.2, 0.25) is 0 Å².